The van der Waals surface area contributed by atoms with Crippen LogP contribution >= 0.6 is 11.6 Å². The molecule has 0 aliphatic heterocycles. The van der Waals surface area contributed by atoms with E-state index in [1.807, 2.05) is 0 Å². The van der Waals surface area contributed by atoms with Gasteiger partial charge in [0.05, 0.1) is 11.9 Å². The summed E-state index contributed by atoms with van der Waals surface area (Å²) in [6.07, 6.45) is 4.79. The van der Waals surface area contributed by atoms with E-state index in [2.05, 4.69) is 4.98 Å². The van der Waals surface area contributed by atoms with E-state index in [-0.39, 0.29) is 11.7 Å². The lowest BCUT2D eigenvalue weighted by molar-refractivity contribution is 0.0620. The summed E-state index contributed by atoms with van der Waals surface area (Å²) in [4.78, 5) is 3.89. The summed E-state index contributed by atoms with van der Waals surface area (Å²) in [5.74, 6) is -0.0712. The van der Waals surface area contributed by atoms with Gasteiger partial charge in [0.1, 0.15) is 5.15 Å². The Bertz CT molecular complexity index is 562. The van der Waals surface area contributed by atoms with E-state index in [1.165, 1.54) is 10.5 Å². The van der Waals surface area contributed by atoms with E-state index >= 15 is 0 Å². The Labute approximate surface area is 131 Å². The fourth-order valence-electron chi connectivity index (χ4n) is 2.66. The molecular weight excluding hydrogens is 312 g/mol. The van der Waals surface area contributed by atoms with E-state index in [9.17, 15) is 13.5 Å². The Balaban J connectivity index is 1.99. The van der Waals surface area contributed by atoms with Crippen LogP contribution in [0.15, 0.2) is 18.3 Å². The molecule has 1 heterocycles. The van der Waals surface area contributed by atoms with E-state index in [0.717, 1.165) is 25.7 Å². The number of hydrogen-bond donors (Lipinski definition) is 1. The third-order valence-electron chi connectivity index (χ3n) is 3.97. The number of halogens is 1. The van der Waals surface area contributed by atoms with Gasteiger partial charge in [-0.05, 0) is 30.4 Å². The molecule has 1 N–H and O–H groups in total. The first-order valence-electron chi connectivity index (χ1n) is 7.11. The second-order valence-corrected chi connectivity index (χ2v) is 8.10. The molecule has 2 rings (SSSR count). The fourth-order valence-corrected chi connectivity index (χ4v) is 4.00. The van der Waals surface area contributed by atoms with E-state index < -0.39 is 16.1 Å². The first kappa shape index (κ1) is 16.7. The molecule has 0 amide bonds. The SMILES string of the molecule is CN(CC1CCCCC1O)S(=O)(=O)Cc1ccc(Cl)nc1. The Morgan fingerprint density at radius 1 is 1.38 bits per heavy atom. The first-order chi connectivity index (χ1) is 9.88. The zero-order valence-electron chi connectivity index (χ0n) is 12.1. The van der Waals surface area contributed by atoms with Crippen LogP contribution in [0.3, 0.4) is 0 Å². The van der Waals surface area contributed by atoms with Crippen LogP contribution in [-0.4, -0.2) is 42.5 Å². The van der Waals surface area contributed by atoms with Gasteiger partial charge in [0.15, 0.2) is 0 Å². The molecule has 0 aromatic carbocycles. The predicted molar refractivity (Wildman–Crippen MR) is 82.5 cm³/mol. The lowest BCUT2D eigenvalue weighted by Gasteiger charge is -2.30. The summed E-state index contributed by atoms with van der Waals surface area (Å²) in [5, 5.41) is 10.3. The van der Waals surface area contributed by atoms with E-state index in [4.69, 9.17) is 11.6 Å². The van der Waals surface area contributed by atoms with Gasteiger partial charge in [-0.2, -0.15) is 0 Å². The maximum atomic E-state index is 12.3. The topological polar surface area (TPSA) is 70.5 Å². The lowest BCUT2D eigenvalue weighted by atomic mass is 9.86. The maximum Gasteiger partial charge on any atom is 0.218 e. The molecule has 1 aliphatic rings. The minimum atomic E-state index is -3.41. The van der Waals surface area contributed by atoms with Crippen molar-refractivity contribution >= 4 is 21.6 Å². The molecule has 2 unspecified atom stereocenters. The number of aliphatic hydroxyl groups is 1. The van der Waals surface area contributed by atoms with Gasteiger partial charge in [-0.15, -0.1) is 0 Å². The highest BCUT2D eigenvalue weighted by atomic mass is 35.5. The molecule has 0 spiro atoms. The van der Waals surface area contributed by atoms with E-state index in [1.54, 1.807) is 19.2 Å². The van der Waals surface area contributed by atoms with Crippen LogP contribution in [0.5, 0.6) is 0 Å². The van der Waals surface area contributed by atoms with Crippen LogP contribution < -0.4 is 0 Å². The van der Waals surface area contributed by atoms with Gasteiger partial charge in [0.25, 0.3) is 0 Å². The zero-order valence-corrected chi connectivity index (χ0v) is 13.6. The fraction of sp³-hybridized carbons (Fsp3) is 0.643. The Hall–Kier alpha value is -0.690. The third kappa shape index (κ3) is 4.64. The molecule has 21 heavy (non-hydrogen) atoms. The van der Waals surface area contributed by atoms with Crippen molar-refractivity contribution in [1.29, 1.82) is 0 Å². The second kappa shape index (κ2) is 7.05. The Morgan fingerprint density at radius 3 is 2.71 bits per heavy atom. The zero-order chi connectivity index (χ0) is 15.5. The highest BCUT2D eigenvalue weighted by Gasteiger charge is 2.28. The Morgan fingerprint density at radius 2 is 2.10 bits per heavy atom. The first-order valence-corrected chi connectivity index (χ1v) is 9.10. The molecule has 1 aromatic rings. The van der Waals surface area contributed by atoms with Crippen molar-refractivity contribution in [1.82, 2.24) is 9.29 Å². The number of aliphatic hydroxyl groups excluding tert-OH is 1. The minimum absolute atomic E-state index is 0.0295. The van der Waals surface area contributed by atoms with Gasteiger partial charge in [0, 0.05) is 19.8 Å². The average molecular weight is 333 g/mol. The van der Waals surface area contributed by atoms with Crippen molar-refractivity contribution in [3.63, 3.8) is 0 Å². The molecule has 1 saturated carbocycles. The summed E-state index contributed by atoms with van der Waals surface area (Å²) in [6.45, 7) is 0.366. The van der Waals surface area contributed by atoms with Crippen LogP contribution in [0.1, 0.15) is 31.2 Å². The number of hydrogen-bond acceptors (Lipinski definition) is 4. The van der Waals surface area contributed by atoms with Crippen LogP contribution in [0.25, 0.3) is 0 Å². The molecule has 2 atom stereocenters. The van der Waals surface area contributed by atoms with Gasteiger partial charge in [-0.3, -0.25) is 0 Å². The molecule has 1 aliphatic carbocycles. The summed E-state index contributed by atoms with van der Waals surface area (Å²) in [7, 11) is -1.84. The minimum Gasteiger partial charge on any atom is -0.393 e. The number of aromatic nitrogens is 1. The number of sulfonamides is 1. The quantitative estimate of drug-likeness (QED) is 0.838. The van der Waals surface area contributed by atoms with E-state index in [0.29, 0.717) is 17.3 Å². The summed E-state index contributed by atoms with van der Waals surface area (Å²) in [5.41, 5.74) is 0.607. The smallest absolute Gasteiger partial charge is 0.218 e. The van der Waals surface area contributed by atoms with Gasteiger partial charge in [-0.1, -0.05) is 30.5 Å². The highest BCUT2D eigenvalue weighted by molar-refractivity contribution is 7.88. The van der Waals surface area contributed by atoms with Gasteiger partial charge >= 0.3 is 0 Å². The number of rotatable bonds is 5. The van der Waals surface area contributed by atoms with Gasteiger partial charge in [0.2, 0.25) is 10.0 Å². The largest absolute Gasteiger partial charge is 0.393 e. The summed E-state index contributed by atoms with van der Waals surface area (Å²) >= 11 is 5.69. The standard InChI is InChI=1S/C14H21ClN2O3S/c1-17(9-12-4-2-3-5-13(12)18)21(19,20)10-11-6-7-14(15)16-8-11/h6-8,12-13,18H,2-5,9-10H2,1H3. The number of pyridine rings is 1. The van der Waals surface area contributed by atoms with Crippen LogP contribution in [-0.2, 0) is 15.8 Å². The molecule has 1 fully saturated rings. The van der Waals surface area contributed by atoms with Crippen molar-refractivity contribution in [2.24, 2.45) is 5.92 Å². The monoisotopic (exact) mass is 332 g/mol. The van der Waals surface area contributed by atoms with Crippen molar-refractivity contribution in [2.75, 3.05) is 13.6 Å². The van der Waals surface area contributed by atoms with Crippen molar-refractivity contribution < 1.29 is 13.5 Å². The van der Waals surface area contributed by atoms with Crippen LogP contribution in [0.2, 0.25) is 5.15 Å². The molecule has 0 bridgehead atoms. The molecule has 7 heteroatoms. The second-order valence-electron chi connectivity index (χ2n) is 5.64. The summed E-state index contributed by atoms with van der Waals surface area (Å²) < 4.78 is 26.0. The molecule has 1 aromatic heterocycles. The number of nitrogens with zero attached hydrogens (tertiary/aromatic N) is 2. The van der Waals surface area contributed by atoms with Crippen molar-refractivity contribution in [3.8, 4) is 0 Å². The molecule has 118 valence electrons. The molecular formula is C14H21ClN2O3S. The van der Waals surface area contributed by atoms with Crippen molar-refractivity contribution in [2.45, 2.75) is 37.5 Å². The maximum absolute atomic E-state index is 12.3. The predicted octanol–water partition coefficient (Wildman–Crippen LogP) is 2.05. The van der Waals surface area contributed by atoms with Crippen molar-refractivity contribution in [3.05, 3.63) is 29.0 Å². The van der Waals surface area contributed by atoms with Crippen LogP contribution in [0.4, 0.5) is 0 Å². The highest BCUT2D eigenvalue weighted by Crippen LogP contribution is 2.26. The van der Waals surface area contributed by atoms with Crippen LogP contribution in [0, 0.1) is 5.92 Å². The molecule has 0 radical (unpaired) electrons. The Kier molecular flexibility index (Phi) is 5.60. The summed E-state index contributed by atoms with van der Waals surface area (Å²) in [6, 6.07) is 3.24. The third-order valence-corrected chi connectivity index (χ3v) is 5.99. The molecule has 0 saturated heterocycles. The van der Waals surface area contributed by atoms with Gasteiger partial charge in [-0.25, -0.2) is 17.7 Å². The average Bonchev–Trinajstić information content (AvgIpc) is 2.43. The normalized spacial score (nSPS) is 23.4. The van der Waals surface area contributed by atoms with Gasteiger partial charge < -0.3 is 5.11 Å². The molecule has 5 nitrogen and oxygen atoms in total. The lowest BCUT2D eigenvalue weighted by Crippen LogP contribution is -2.38.